The van der Waals surface area contributed by atoms with Crippen LogP contribution >= 0.6 is 27.5 Å². The van der Waals surface area contributed by atoms with Crippen LogP contribution in [0.3, 0.4) is 0 Å². The molecular weight excluding hydrogens is 533 g/mol. The van der Waals surface area contributed by atoms with Crippen molar-refractivity contribution in [1.82, 2.24) is 9.73 Å². The minimum Gasteiger partial charge on any atom is -0.272 e. The van der Waals surface area contributed by atoms with Gasteiger partial charge in [0.05, 0.1) is 22.7 Å². The Morgan fingerprint density at radius 2 is 1.79 bits per heavy atom. The molecule has 6 nitrogen and oxygen atoms in total. The number of halogens is 3. The van der Waals surface area contributed by atoms with E-state index in [0.29, 0.717) is 0 Å². The van der Waals surface area contributed by atoms with Crippen molar-refractivity contribution in [2.75, 3.05) is 6.54 Å². The van der Waals surface area contributed by atoms with Gasteiger partial charge in [-0.2, -0.15) is 9.41 Å². The van der Waals surface area contributed by atoms with Crippen LogP contribution in [-0.2, 0) is 21.4 Å². The standard InChI is InChI=1S/C23H20BrClFN3O3S/c1-16-5-7-17(8-6-16)14-29(33(31,32)19-11-9-18(24)10-12-19)15-23(30)28-27-13-20-21(25)3-2-4-22(20)26/h2-13H,14-15H2,1H3,(H,28,30)/b27-13-. The molecule has 0 saturated carbocycles. The summed E-state index contributed by atoms with van der Waals surface area (Å²) in [5.41, 5.74) is 3.99. The van der Waals surface area contributed by atoms with Crippen LogP contribution in [0.25, 0.3) is 0 Å². The van der Waals surface area contributed by atoms with E-state index in [2.05, 4.69) is 26.5 Å². The van der Waals surface area contributed by atoms with Gasteiger partial charge in [0, 0.05) is 16.6 Å². The molecule has 0 saturated heterocycles. The van der Waals surface area contributed by atoms with Gasteiger partial charge in [0.15, 0.2) is 0 Å². The molecule has 3 aromatic rings. The van der Waals surface area contributed by atoms with Gasteiger partial charge in [0.2, 0.25) is 10.0 Å². The molecule has 0 bridgehead atoms. The summed E-state index contributed by atoms with van der Waals surface area (Å²) in [6.45, 7) is 1.41. The van der Waals surface area contributed by atoms with Crippen LogP contribution in [0.15, 0.2) is 81.2 Å². The van der Waals surface area contributed by atoms with Crippen molar-refractivity contribution in [1.29, 1.82) is 0 Å². The lowest BCUT2D eigenvalue weighted by Gasteiger charge is -2.21. The van der Waals surface area contributed by atoms with E-state index in [9.17, 15) is 17.6 Å². The number of hydrogen-bond acceptors (Lipinski definition) is 4. The largest absolute Gasteiger partial charge is 0.272 e. The molecule has 3 aromatic carbocycles. The lowest BCUT2D eigenvalue weighted by Crippen LogP contribution is -2.39. The first-order valence-corrected chi connectivity index (χ1v) is 12.3. The van der Waals surface area contributed by atoms with Crippen LogP contribution in [0.5, 0.6) is 0 Å². The Bertz CT molecular complexity index is 1250. The van der Waals surface area contributed by atoms with Crippen LogP contribution in [0, 0.1) is 12.7 Å². The van der Waals surface area contributed by atoms with Gasteiger partial charge in [-0.15, -0.1) is 0 Å². The lowest BCUT2D eigenvalue weighted by molar-refractivity contribution is -0.121. The molecule has 0 spiro atoms. The van der Waals surface area contributed by atoms with Crippen molar-refractivity contribution < 1.29 is 17.6 Å². The molecular formula is C23H20BrClFN3O3S. The van der Waals surface area contributed by atoms with Gasteiger partial charge < -0.3 is 0 Å². The van der Waals surface area contributed by atoms with Crippen molar-refractivity contribution in [2.24, 2.45) is 5.10 Å². The quantitative estimate of drug-likeness (QED) is 0.319. The number of carbonyl (C=O) groups excluding carboxylic acids is 1. The summed E-state index contributed by atoms with van der Waals surface area (Å²) in [6.07, 6.45) is 1.07. The maximum Gasteiger partial charge on any atom is 0.255 e. The monoisotopic (exact) mass is 551 g/mol. The van der Waals surface area contributed by atoms with Crippen LogP contribution < -0.4 is 5.43 Å². The third kappa shape index (κ3) is 6.70. The number of hydrazone groups is 1. The minimum absolute atomic E-state index is 0.0125. The fraction of sp³-hybridized carbons (Fsp3) is 0.130. The van der Waals surface area contributed by atoms with Gasteiger partial charge in [0.25, 0.3) is 5.91 Å². The summed E-state index contributed by atoms with van der Waals surface area (Å²) in [4.78, 5) is 12.6. The van der Waals surface area contributed by atoms with Gasteiger partial charge in [-0.05, 0) is 48.9 Å². The SMILES string of the molecule is Cc1ccc(CN(CC(=O)N/N=C\c2c(F)cccc2Cl)S(=O)(=O)c2ccc(Br)cc2)cc1. The molecule has 0 aromatic heterocycles. The Morgan fingerprint density at radius 3 is 2.42 bits per heavy atom. The van der Waals surface area contributed by atoms with Gasteiger partial charge in [-0.25, -0.2) is 18.2 Å². The van der Waals surface area contributed by atoms with Crippen molar-refractivity contribution >= 4 is 49.7 Å². The van der Waals surface area contributed by atoms with Crippen LogP contribution in [-0.4, -0.2) is 31.4 Å². The van der Waals surface area contributed by atoms with Crippen molar-refractivity contribution in [3.63, 3.8) is 0 Å². The Hall–Kier alpha value is -2.59. The number of amides is 1. The maximum absolute atomic E-state index is 13.8. The predicted molar refractivity (Wildman–Crippen MR) is 130 cm³/mol. The summed E-state index contributed by atoms with van der Waals surface area (Å²) in [7, 11) is -3.99. The van der Waals surface area contributed by atoms with Crippen LogP contribution in [0.4, 0.5) is 4.39 Å². The average molecular weight is 553 g/mol. The zero-order valence-electron chi connectivity index (χ0n) is 17.5. The number of nitrogens with one attached hydrogen (secondary N) is 1. The van der Waals surface area contributed by atoms with Gasteiger partial charge >= 0.3 is 0 Å². The second kappa shape index (κ2) is 11.0. The number of sulfonamides is 1. The van der Waals surface area contributed by atoms with Gasteiger partial charge in [0.1, 0.15) is 5.82 Å². The Kier molecular flexibility index (Phi) is 8.36. The summed E-state index contributed by atoms with van der Waals surface area (Å²) < 4.78 is 42.2. The molecule has 0 radical (unpaired) electrons. The lowest BCUT2D eigenvalue weighted by atomic mass is 10.1. The highest BCUT2D eigenvalue weighted by atomic mass is 79.9. The molecule has 172 valence electrons. The molecule has 0 fully saturated rings. The first-order valence-electron chi connectivity index (χ1n) is 9.74. The number of rotatable bonds is 8. The van der Waals surface area contributed by atoms with Crippen LogP contribution in [0.1, 0.15) is 16.7 Å². The third-order valence-electron chi connectivity index (χ3n) is 4.63. The van der Waals surface area contributed by atoms with Crippen molar-refractivity contribution in [3.8, 4) is 0 Å². The molecule has 1 amide bonds. The van der Waals surface area contributed by atoms with Crippen LogP contribution in [0.2, 0.25) is 5.02 Å². The number of benzene rings is 3. The molecule has 0 unspecified atom stereocenters. The maximum atomic E-state index is 13.8. The highest BCUT2D eigenvalue weighted by Crippen LogP contribution is 2.21. The summed E-state index contributed by atoms with van der Waals surface area (Å²) >= 11 is 9.22. The topological polar surface area (TPSA) is 78.8 Å². The molecule has 0 aliphatic rings. The van der Waals surface area contributed by atoms with Gasteiger partial charge in [-0.3, -0.25) is 4.79 Å². The zero-order valence-corrected chi connectivity index (χ0v) is 20.7. The molecule has 0 atom stereocenters. The fourth-order valence-electron chi connectivity index (χ4n) is 2.88. The fourth-order valence-corrected chi connectivity index (χ4v) is 4.74. The molecule has 0 aliphatic carbocycles. The highest BCUT2D eigenvalue weighted by molar-refractivity contribution is 9.10. The summed E-state index contributed by atoms with van der Waals surface area (Å²) in [5, 5.41) is 3.86. The number of hydrogen-bond donors (Lipinski definition) is 1. The molecule has 0 aliphatic heterocycles. The van der Waals surface area contributed by atoms with E-state index in [1.165, 1.54) is 30.3 Å². The van der Waals surface area contributed by atoms with Crippen molar-refractivity contribution in [3.05, 3.63) is 98.7 Å². The summed E-state index contributed by atoms with van der Waals surface area (Å²) in [6, 6.07) is 17.6. The Balaban J connectivity index is 1.81. The van der Waals surface area contributed by atoms with E-state index in [1.807, 2.05) is 19.1 Å². The summed E-state index contributed by atoms with van der Waals surface area (Å²) in [5.74, 6) is -1.29. The second-order valence-electron chi connectivity index (χ2n) is 7.14. The second-order valence-corrected chi connectivity index (χ2v) is 10.4. The Morgan fingerprint density at radius 1 is 1.12 bits per heavy atom. The number of aryl methyl sites for hydroxylation is 1. The van der Waals surface area contributed by atoms with E-state index in [-0.39, 0.29) is 22.0 Å². The molecule has 3 rings (SSSR count). The third-order valence-corrected chi connectivity index (χ3v) is 7.30. The van der Waals surface area contributed by atoms with E-state index >= 15 is 0 Å². The molecule has 1 N–H and O–H groups in total. The Labute approximate surface area is 205 Å². The number of nitrogens with zero attached hydrogens (tertiary/aromatic N) is 2. The normalized spacial score (nSPS) is 11.8. The van der Waals surface area contributed by atoms with E-state index in [4.69, 9.17) is 11.6 Å². The highest BCUT2D eigenvalue weighted by Gasteiger charge is 2.27. The van der Waals surface area contributed by atoms with E-state index < -0.39 is 28.3 Å². The zero-order chi connectivity index (χ0) is 24.0. The number of carbonyl (C=O) groups is 1. The molecule has 10 heteroatoms. The first kappa shape index (κ1) is 25.0. The first-order chi connectivity index (χ1) is 15.7. The minimum atomic E-state index is -3.99. The molecule has 0 heterocycles. The predicted octanol–water partition coefficient (Wildman–Crippen LogP) is 4.89. The van der Waals surface area contributed by atoms with E-state index in [0.717, 1.165) is 26.1 Å². The van der Waals surface area contributed by atoms with Crippen molar-refractivity contribution in [2.45, 2.75) is 18.4 Å². The smallest absolute Gasteiger partial charge is 0.255 e. The van der Waals surface area contributed by atoms with Gasteiger partial charge in [-0.1, -0.05) is 63.4 Å². The average Bonchev–Trinajstić information content (AvgIpc) is 2.77. The molecule has 33 heavy (non-hydrogen) atoms. The van der Waals surface area contributed by atoms with E-state index in [1.54, 1.807) is 24.3 Å².